The van der Waals surface area contributed by atoms with Crippen LogP contribution in [0.25, 0.3) is 0 Å². The summed E-state index contributed by atoms with van der Waals surface area (Å²) >= 11 is 0. The van der Waals surface area contributed by atoms with Crippen LogP contribution in [0.3, 0.4) is 0 Å². The van der Waals surface area contributed by atoms with E-state index < -0.39 is 71.8 Å². The van der Waals surface area contributed by atoms with E-state index in [1.165, 1.54) is 4.90 Å². The van der Waals surface area contributed by atoms with Crippen LogP contribution in [0, 0.1) is 41.4 Å². The Morgan fingerprint density at radius 2 is 1.68 bits per heavy atom. The van der Waals surface area contributed by atoms with E-state index >= 15 is 0 Å². The van der Waals surface area contributed by atoms with Crippen molar-refractivity contribution in [3.63, 3.8) is 0 Å². The molecule has 1 aliphatic carbocycles. The number of amides is 1. The summed E-state index contributed by atoms with van der Waals surface area (Å²) in [6.07, 6.45) is 5.97. The summed E-state index contributed by atoms with van der Waals surface area (Å²) in [5.41, 5.74) is 1.74. The van der Waals surface area contributed by atoms with Gasteiger partial charge in [-0.1, -0.05) is 53.7 Å². The molecule has 11 heteroatoms. The molecule has 0 aromatic rings. The first-order valence-corrected chi connectivity index (χ1v) is 20.2. The first kappa shape index (κ1) is 41.7. The number of carbonyl (C=O) groups excluding carboxylic acids is 4. The summed E-state index contributed by atoms with van der Waals surface area (Å²) in [6, 6.07) is -1.03. The van der Waals surface area contributed by atoms with Gasteiger partial charge in [0, 0.05) is 37.8 Å². The summed E-state index contributed by atoms with van der Waals surface area (Å²) < 4.78 is 25.1. The van der Waals surface area contributed by atoms with E-state index in [-0.39, 0.29) is 54.4 Å². The van der Waals surface area contributed by atoms with Gasteiger partial charge in [0.25, 0.3) is 11.7 Å². The average molecular weight is 744 g/mol. The number of nitrogens with zero attached hydrogens (tertiary/aromatic N) is 1. The van der Waals surface area contributed by atoms with Crippen LogP contribution < -0.4 is 0 Å². The number of hydrogen-bond acceptors (Lipinski definition) is 10. The van der Waals surface area contributed by atoms with Crippen molar-refractivity contribution in [3.05, 3.63) is 23.3 Å². The highest BCUT2D eigenvalue weighted by Gasteiger charge is 2.55. The lowest BCUT2D eigenvalue weighted by molar-refractivity contribution is -0.282. The molecule has 4 bridgehead atoms. The van der Waals surface area contributed by atoms with Crippen LogP contribution in [0.5, 0.6) is 0 Å². The second-order valence-electron chi connectivity index (χ2n) is 17.4. The van der Waals surface area contributed by atoms with Gasteiger partial charge >= 0.3 is 5.97 Å². The number of cyclic esters (lactones) is 1. The fraction of sp³-hybridized carbons (Fsp3) is 0.810. The van der Waals surface area contributed by atoms with Crippen LogP contribution in [0.1, 0.15) is 113 Å². The largest absolute Gasteiger partial charge is 0.456 e. The fourth-order valence-electron chi connectivity index (χ4n) is 10.0. The summed E-state index contributed by atoms with van der Waals surface area (Å²) in [5.74, 6) is -6.16. The van der Waals surface area contributed by atoms with Gasteiger partial charge in [-0.3, -0.25) is 14.4 Å². The number of carbonyl (C=O) groups is 4. The Hall–Kier alpha value is -2.44. The highest BCUT2D eigenvalue weighted by molar-refractivity contribution is 6.39. The average Bonchev–Trinajstić information content (AvgIpc) is 3.12. The molecule has 4 heterocycles. The number of piperidine rings is 1. The van der Waals surface area contributed by atoms with Crippen molar-refractivity contribution in [2.75, 3.05) is 13.7 Å². The van der Waals surface area contributed by atoms with Gasteiger partial charge in [0.2, 0.25) is 5.79 Å². The topological polar surface area (TPSA) is 149 Å². The quantitative estimate of drug-likeness (QED) is 0.221. The van der Waals surface area contributed by atoms with E-state index in [4.69, 9.17) is 18.9 Å². The minimum atomic E-state index is -2.32. The van der Waals surface area contributed by atoms with Gasteiger partial charge < -0.3 is 34.1 Å². The fourth-order valence-corrected chi connectivity index (χ4v) is 10.0. The van der Waals surface area contributed by atoms with E-state index in [0.29, 0.717) is 44.9 Å². The zero-order valence-electron chi connectivity index (χ0n) is 33.4. The van der Waals surface area contributed by atoms with Crippen LogP contribution in [-0.2, 0) is 38.1 Å². The molecule has 4 fully saturated rings. The second kappa shape index (κ2) is 17.1. The number of fused-ring (bicyclic) bond motifs is 5. The molecule has 1 saturated carbocycles. The molecule has 5 aliphatic rings. The predicted molar refractivity (Wildman–Crippen MR) is 198 cm³/mol. The Morgan fingerprint density at radius 1 is 0.981 bits per heavy atom. The Bertz CT molecular complexity index is 1430. The van der Waals surface area contributed by atoms with Gasteiger partial charge in [-0.15, -0.1) is 0 Å². The molecule has 2 N–H and O–H groups in total. The summed E-state index contributed by atoms with van der Waals surface area (Å²) in [4.78, 5) is 57.5. The smallest absolute Gasteiger partial charge is 0.329 e. The number of aliphatic hydroxyl groups excluding tert-OH is 1. The third kappa shape index (κ3) is 8.85. The number of rotatable bonds is 3. The van der Waals surface area contributed by atoms with E-state index in [0.717, 1.165) is 17.6 Å². The lowest BCUT2D eigenvalue weighted by Crippen LogP contribution is -2.62. The number of ketones is 2. The Kier molecular flexibility index (Phi) is 13.5. The molecule has 15 atom stereocenters. The molecular weight excluding hydrogens is 678 g/mol. The van der Waals surface area contributed by atoms with Gasteiger partial charge in [0.05, 0.1) is 30.5 Å². The molecule has 298 valence electrons. The molecule has 3 saturated heterocycles. The Balaban J connectivity index is 1.56. The SMILES string of the molecule is COC1C[C@H](/C=C(\C)C2OC(=O)C3CCCCN3C(=O)C(=O)C3(O)OC([C@@H](C)C[C@H]3C)[C@@H](C)C[C@@H](C)/C=C(\C)C3OC(CC(=O)[C@@H]3C)[C@H]2C)CCC1O. The van der Waals surface area contributed by atoms with Gasteiger partial charge in [0.1, 0.15) is 17.9 Å². The molecule has 4 aliphatic heterocycles. The maximum absolute atomic E-state index is 14.3. The van der Waals surface area contributed by atoms with E-state index in [1.807, 2.05) is 41.5 Å². The molecule has 0 aromatic carbocycles. The zero-order chi connectivity index (χ0) is 38.9. The normalized spacial score (nSPS) is 45.2. The number of allylic oxidation sites excluding steroid dienone is 2. The van der Waals surface area contributed by atoms with Crippen LogP contribution in [0.4, 0.5) is 0 Å². The molecule has 53 heavy (non-hydrogen) atoms. The number of Topliss-reactive ketones (excluding diaryl/α,β-unsaturated/α-hetero) is 2. The van der Waals surface area contributed by atoms with E-state index in [1.54, 1.807) is 14.0 Å². The minimum Gasteiger partial charge on any atom is -0.456 e. The van der Waals surface area contributed by atoms with E-state index in [9.17, 15) is 29.4 Å². The lowest BCUT2D eigenvalue weighted by Gasteiger charge is -2.46. The van der Waals surface area contributed by atoms with Crippen molar-refractivity contribution < 1.29 is 48.3 Å². The standard InChI is InChI=1S/C42H65NO10/c1-22-16-23(2)36-25(4)18-27(6)42(49,53-36)39(46)40(47)43-15-11-10-12-31(43)41(48)52-38(26(5)19-30-13-14-32(44)35(20-30)50-9)29(8)34-21-33(45)28(7)37(51-34)24(3)17-22/h17,19,22-23,25,27-32,34-38,44,49H,10-16,18,20-21H2,1-9H3/b24-17+,26-19+/t22-,23+,25+,27-,28+,29-,30+,31?,32?,34?,35?,36?,37?,38?,42?/m1/s1. The van der Waals surface area contributed by atoms with Crippen molar-refractivity contribution in [1.29, 1.82) is 0 Å². The van der Waals surface area contributed by atoms with Gasteiger partial charge in [-0.05, 0) is 100 Å². The summed E-state index contributed by atoms with van der Waals surface area (Å²) in [7, 11) is 1.59. The number of methoxy groups -OCH3 is 1. The first-order valence-electron chi connectivity index (χ1n) is 20.2. The van der Waals surface area contributed by atoms with Crippen molar-refractivity contribution in [1.82, 2.24) is 4.90 Å². The minimum absolute atomic E-state index is 0.0288. The summed E-state index contributed by atoms with van der Waals surface area (Å²) in [6.45, 7) is 15.9. The number of ether oxygens (including phenoxy) is 4. The molecule has 0 aromatic heterocycles. The number of hydrogen-bond donors (Lipinski definition) is 2. The molecular formula is C42H65NO10. The third-order valence-electron chi connectivity index (χ3n) is 13.2. The van der Waals surface area contributed by atoms with Crippen molar-refractivity contribution in [2.45, 2.75) is 162 Å². The Labute approximate surface area is 316 Å². The zero-order valence-corrected chi connectivity index (χ0v) is 33.4. The van der Waals surface area contributed by atoms with Gasteiger partial charge in [-0.2, -0.15) is 0 Å². The molecule has 1 amide bonds. The highest BCUT2D eigenvalue weighted by atomic mass is 16.6. The first-order chi connectivity index (χ1) is 25.0. The molecule has 5 rings (SSSR count). The molecule has 0 spiro atoms. The van der Waals surface area contributed by atoms with Crippen molar-refractivity contribution >= 4 is 23.4 Å². The van der Waals surface area contributed by atoms with Gasteiger partial charge in [-0.25, -0.2) is 4.79 Å². The van der Waals surface area contributed by atoms with Gasteiger partial charge in [0.15, 0.2) is 0 Å². The maximum atomic E-state index is 14.3. The van der Waals surface area contributed by atoms with E-state index in [2.05, 4.69) is 19.1 Å². The summed E-state index contributed by atoms with van der Waals surface area (Å²) in [5, 5.41) is 22.4. The molecule has 11 nitrogen and oxygen atoms in total. The lowest BCUT2D eigenvalue weighted by atomic mass is 9.76. The third-order valence-corrected chi connectivity index (χ3v) is 13.2. The van der Waals surface area contributed by atoms with Crippen LogP contribution >= 0.6 is 0 Å². The Morgan fingerprint density at radius 3 is 2.38 bits per heavy atom. The predicted octanol–water partition coefficient (Wildman–Crippen LogP) is 5.34. The molecule has 0 radical (unpaired) electrons. The van der Waals surface area contributed by atoms with Crippen LogP contribution in [0.15, 0.2) is 23.3 Å². The number of aliphatic hydroxyl groups is 2. The molecule has 8 unspecified atom stereocenters. The highest BCUT2D eigenvalue weighted by Crippen LogP contribution is 2.42. The van der Waals surface area contributed by atoms with Crippen molar-refractivity contribution in [2.24, 2.45) is 41.4 Å². The maximum Gasteiger partial charge on any atom is 0.329 e. The number of esters is 1. The van der Waals surface area contributed by atoms with Crippen LogP contribution in [-0.4, -0.2) is 101 Å². The monoisotopic (exact) mass is 743 g/mol. The van der Waals surface area contributed by atoms with Crippen molar-refractivity contribution in [3.8, 4) is 0 Å². The van der Waals surface area contributed by atoms with Crippen LogP contribution in [0.2, 0.25) is 0 Å². The second-order valence-corrected chi connectivity index (χ2v) is 17.4.